The van der Waals surface area contributed by atoms with Gasteiger partial charge in [-0.3, -0.25) is 4.79 Å². The Morgan fingerprint density at radius 1 is 1.26 bits per heavy atom. The van der Waals surface area contributed by atoms with Crippen molar-refractivity contribution >= 4 is 28.9 Å². The molecule has 188 valence electrons. The fourth-order valence-electron chi connectivity index (χ4n) is 2.96. The maximum atomic E-state index is 14.9. The molecule has 0 unspecified atom stereocenters. The Morgan fingerprint density at radius 2 is 1.94 bits per heavy atom. The zero-order valence-electron chi connectivity index (χ0n) is 18.3. The van der Waals surface area contributed by atoms with E-state index in [-0.39, 0.29) is 16.8 Å². The lowest BCUT2D eigenvalue weighted by Crippen LogP contribution is -2.32. The molecule has 3 rings (SSSR count). The number of aliphatic hydroxyl groups is 1. The highest BCUT2D eigenvalue weighted by Crippen LogP contribution is 2.32. The standard InChI is InChI=1S/C23H21ClF5N3O3/c1-11(23(27,28)29)35-20-9-14(19(30)7-13(10-33)31-12-5-6-12)18(26)8-15(20)22(34)32-21-16(24)3-2-4-17(21)25/h2-4,7-9,11-12,30-31,33H,5-6,10H2,1H3,(H,32,34)/b13-7-,30-19?/t11-/m0/s1. The molecule has 1 atom stereocenters. The molecule has 1 fully saturated rings. The summed E-state index contributed by atoms with van der Waals surface area (Å²) >= 11 is 5.88. The molecule has 6 nitrogen and oxygen atoms in total. The molecule has 0 spiro atoms. The van der Waals surface area contributed by atoms with Crippen LogP contribution in [0, 0.1) is 17.0 Å². The fraction of sp³-hybridized carbons (Fsp3) is 0.304. The van der Waals surface area contributed by atoms with Gasteiger partial charge in [0.15, 0.2) is 6.10 Å². The third-order valence-corrected chi connectivity index (χ3v) is 5.34. The number of alkyl halides is 3. The Kier molecular flexibility index (Phi) is 8.01. The Morgan fingerprint density at radius 3 is 2.51 bits per heavy atom. The average Bonchev–Trinajstić information content (AvgIpc) is 3.59. The van der Waals surface area contributed by atoms with Gasteiger partial charge in [0.25, 0.3) is 5.91 Å². The van der Waals surface area contributed by atoms with Gasteiger partial charge in [-0.15, -0.1) is 0 Å². The minimum Gasteiger partial charge on any atom is -0.480 e. The molecular weight excluding hydrogens is 497 g/mol. The van der Waals surface area contributed by atoms with Gasteiger partial charge < -0.3 is 25.9 Å². The largest absolute Gasteiger partial charge is 0.480 e. The van der Waals surface area contributed by atoms with Gasteiger partial charge in [-0.2, -0.15) is 13.2 Å². The molecule has 0 aliphatic heterocycles. The van der Waals surface area contributed by atoms with Crippen molar-refractivity contribution in [1.29, 1.82) is 5.41 Å². The molecule has 1 amide bonds. The van der Waals surface area contributed by atoms with Crippen LogP contribution in [0.5, 0.6) is 5.75 Å². The van der Waals surface area contributed by atoms with E-state index in [1.807, 2.05) is 0 Å². The second-order valence-electron chi connectivity index (χ2n) is 7.84. The van der Waals surface area contributed by atoms with Gasteiger partial charge in [0.2, 0.25) is 0 Å². The van der Waals surface area contributed by atoms with Gasteiger partial charge in [0.05, 0.1) is 28.6 Å². The summed E-state index contributed by atoms with van der Waals surface area (Å²) in [6, 6.07) is 5.03. The second kappa shape index (κ2) is 10.6. The maximum Gasteiger partial charge on any atom is 0.425 e. The third-order valence-electron chi connectivity index (χ3n) is 5.03. The summed E-state index contributed by atoms with van der Waals surface area (Å²) in [6.45, 7) is 0.214. The first-order valence-electron chi connectivity index (χ1n) is 10.4. The predicted molar refractivity (Wildman–Crippen MR) is 120 cm³/mol. The van der Waals surface area contributed by atoms with Gasteiger partial charge in [0.1, 0.15) is 17.4 Å². The van der Waals surface area contributed by atoms with E-state index >= 15 is 0 Å². The van der Waals surface area contributed by atoms with E-state index in [1.54, 1.807) is 0 Å². The molecule has 0 radical (unpaired) electrons. The Bertz CT molecular complexity index is 1150. The van der Waals surface area contributed by atoms with Gasteiger partial charge in [-0.25, -0.2) is 8.78 Å². The molecule has 35 heavy (non-hydrogen) atoms. The van der Waals surface area contributed by atoms with Crippen LogP contribution in [0.15, 0.2) is 42.1 Å². The summed E-state index contributed by atoms with van der Waals surface area (Å²) in [5.74, 6) is -3.90. The predicted octanol–water partition coefficient (Wildman–Crippen LogP) is 5.20. The van der Waals surface area contributed by atoms with Crippen molar-refractivity contribution < 1.29 is 36.6 Å². The monoisotopic (exact) mass is 517 g/mol. The summed E-state index contributed by atoms with van der Waals surface area (Å²) in [4.78, 5) is 12.8. The lowest BCUT2D eigenvalue weighted by molar-refractivity contribution is -0.189. The smallest absolute Gasteiger partial charge is 0.425 e. The second-order valence-corrected chi connectivity index (χ2v) is 8.25. The van der Waals surface area contributed by atoms with E-state index in [0.717, 1.165) is 31.1 Å². The number of nitrogens with one attached hydrogen (secondary N) is 3. The average molecular weight is 518 g/mol. The first-order valence-corrected chi connectivity index (χ1v) is 10.8. The summed E-state index contributed by atoms with van der Waals surface area (Å²) < 4.78 is 73.4. The van der Waals surface area contributed by atoms with E-state index in [2.05, 4.69) is 10.6 Å². The summed E-state index contributed by atoms with van der Waals surface area (Å²) in [5.41, 5.74) is -1.85. The van der Waals surface area contributed by atoms with Gasteiger partial charge in [-0.1, -0.05) is 17.7 Å². The van der Waals surface area contributed by atoms with Crippen LogP contribution in [-0.2, 0) is 0 Å². The zero-order chi connectivity index (χ0) is 25.9. The third kappa shape index (κ3) is 6.70. The molecule has 0 heterocycles. The molecule has 4 N–H and O–H groups in total. The number of ether oxygens (including phenoxy) is 1. The van der Waals surface area contributed by atoms with Crippen molar-refractivity contribution in [2.45, 2.75) is 38.1 Å². The quantitative estimate of drug-likeness (QED) is 0.272. The first-order chi connectivity index (χ1) is 16.4. The lowest BCUT2D eigenvalue weighted by Gasteiger charge is -2.21. The van der Waals surface area contributed by atoms with Crippen molar-refractivity contribution in [3.05, 3.63) is 69.9 Å². The Hall–Kier alpha value is -3.18. The summed E-state index contributed by atoms with van der Waals surface area (Å²) in [7, 11) is 0. The highest BCUT2D eigenvalue weighted by atomic mass is 35.5. The van der Waals surface area contributed by atoms with Crippen molar-refractivity contribution in [3.63, 3.8) is 0 Å². The normalized spacial score (nSPS) is 14.9. The van der Waals surface area contributed by atoms with Crippen molar-refractivity contribution in [1.82, 2.24) is 5.32 Å². The van der Waals surface area contributed by atoms with Crippen molar-refractivity contribution in [2.24, 2.45) is 0 Å². The molecule has 12 heteroatoms. The van der Waals surface area contributed by atoms with Gasteiger partial charge in [-0.05, 0) is 50.1 Å². The topological polar surface area (TPSA) is 94.4 Å². The fourth-order valence-corrected chi connectivity index (χ4v) is 3.18. The first kappa shape index (κ1) is 26.4. The zero-order valence-corrected chi connectivity index (χ0v) is 19.0. The highest BCUT2D eigenvalue weighted by molar-refractivity contribution is 6.34. The van der Waals surface area contributed by atoms with Crippen LogP contribution in [-0.4, -0.2) is 41.7 Å². The molecule has 0 aromatic heterocycles. The van der Waals surface area contributed by atoms with Crippen LogP contribution in [0.4, 0.5) is 27.6 Å². The molecule has 2 aromatic carbocycles. The molecule has 2 aromatic rings. The number of benzene rings is 2. The minimum atomic E-state index is -4.82. The number of carbonyl (C=O) groups is 1. The maximum absolute atomic E-state index is 14.9. The van der Waals surface area contributed by atoms with Crippen LogP contribution in [0.2, 0.25) is 5.02 Å². The number of hydrogen-bond acceptors (Lipinski definition) is 5. The Balaban J connectivity index is 2.00. The van der Waals surface area contributed by atoms with Gasteiger partial charge >= 0.3 is 6.18 Å². The number of rotatable bonds is 9. The van der Waals surface area contributed by atoms with E-state index in [0.29, 0.717) is 13.0 Å². The SMILES string of the molecule is C[C@H](Oc1cc(C(=N)/C=C(/CO)NC2CC2)c(F)cc1C(=O)Nc1c(F)cccc1Cl)C(F)(F)F. The van der Waals surface area contributed by atoms with Crippen LogP contribution in [0.3, 0.4) is 0 Å². The molecule has 1 aliphatic carbocycles. The number of anilines is 1. The number of para-hydroxylation sites is 1. The van der Waals surface area contributed by atoms with Crippen molar-refractivity contribution in [2.75, 3.05) is 11.9 Å². The minimum absolute atomic E-state index is 0.119. The molecule has 1 saturated carbocycles. The molecule has 0 saturated heterocycles. The molecule has 1 aliphatic rings. The Labute approximate surface area is 202 Å². The number of carbonyl (C=O) groups excluding carboxylic acids is 1. The van der Waals surface area contributed by atoms with E-state index in [1.165, 1.54) is 12.1 Å². The van der Waals surface area contributed by atoms with Crippen LogP contribution in [0.1, 0.15) is 35.7 Å². The number of amides is 1. The molecular formula is C23H21ClF5N3O3. The van der Waals surface area contributed by atoms with Gasteiger partial charge in [0, 0.05) is 17.3 Å². The van der Waals surface area contributed by atoms with E-state index in [9.17, 15) is 31.9 Å². The van der Waals surface area contributed by atoms with Crippen LogP contribution < -0.4 is 15.4 Å². The number of hydrogen-bond donors (Lipinski definition) is 4. The van der Waals surface area contributed by atoms with Crippen LogP contribution in [0.25, 0.3) is 0 Å². The van der Waals surface area contributed by atoms with E-state index < -0.39 is 64.7 Å². The van der Waals surface area contributed by atoms with Crippen molar-refractivity contribution in [3.8, 4) is 5.75 Å². The summed E-state index contributed by atoms with van der Waals surface area (Å²) in [5, 5.41) is 22.5. The number of allylic oxidation sites excluding steroid dienone is 1. The lowest BCUT2D eigenvalue weighted by atomic mass is 10.0. The summed E-state index contributed by atoms with van der Waals surface area (Å²) in [6.07, 6.45) is -4.35. The van der Waals surface area contributed by atoms with Crippen LogP contribution >= 0.6 is 11.6 Å². The van der Waals surface area contributed by atoms with E-state index in [4.69, 9.17) is 21.7 Å². The number of aliphatic hydroxyl groups excluding tert-OH is 1. The highest BCUT2D eigenvalue weighted by Gasteiger charge is 2.39. The molecule has 0 bridgehead atoms. The number of halogens is 6.